The van der Waals surface area contributed by atoms with Gasteiger partial charge in [-0.3, -0.25) is 0 Å². The highest BCUT2D eigenvalue weighted by atomic mass is 32.1. The van der Waals surface area contributed by atoms with Crippen LogP contribution in [0.15, 0.2) is 6.20 Å². The van der Waals surface area contributed by atoms with Crippen molar-refractivity contribution in [2.24, 2.45) is 0 Å². The topological polar surface area (TPSA) is 34.2 Å². The molecule has 0 aromatic carbocycles. The van der Waals surface area contributed by atoms with Gasteiger partial charge in [0.25, 0.3) is 0 Å². The van der Waals surface area contributed by atoms with Crippen molar-refractivity contribution >= 4 is 11.3 Å². The van der Waals surface area contributed by atoms with Crippen LogP contribution in [0.1, 0.15) is 23.7 Å². The van der Waals surface area contributed by atoms with E-state index in [4.69, 9.17) is 4.74 Å². The third-order valence-corrected chi connectivity index (χ3v) is 3.03. The van der Waals surface area contributed by atoms with Gasteiger partial charge < -0.3 is 10.1 Å². The van der Waals surface area contributed by atoms with Gasteiger partial charge in [-0.1, -0.05) is 6.92 Å². The van der Waals surface area contributed by atoms with Gasteiger partial charge in [-0.2, -0.15) is 0 Å². The Labute approximate surface area is 89.5 Å². The molecule has 80 valence electrons. The van der Waals surface area contributed by atoms with Crippen molar-refractivity contribution in [3.63, 3.8) is 0 Å². The largest absolute Gasteiger partial charge is 0.381 e. The van der Waals surface area contributed by atoms with E-state index in [0.717, 1.165) is 24.5 Å². The van der Waals surface area contributed by atoms with E-state index in [-0.39, 0.29) is 6.10 Å². The molecule has 1 atom stereocenters. The van der Waals surface area contributed by atoms with E-state index in [1.165, 1.54) is 4.88 Å². The second-order valence-electron chi connectivity index (χ2n) is 3.25. The lowest BCUT2D eigenvalue weighted by Gasteiger charge is -2.05. The summed E-state index contributed by atoms with van der Waals surface area (Å²) in [6.07, 6.45) is 3.12. The first-order valence-corrected chi connectivity index (χ1v) is 5.75. The van der Waals surface area contributed by atoms with Crippen LogP contribution in [0.25, 0.3) is 0 Å². The molecule has 1 unspecified atom stereocenters. The van der Waals surface area contributed by atoms with Crippen LogP contribution in [0.4, 0.5) is 0 Å². The monoisotopic (exact) mass is 214 g/mol. The highest BCUT2D eigenvalue weighted by molar-refractivity contribution is 7.11. The molecule has 3 nitrogen and oxygen atoms in total. The summed E-state index contributed by atoms with van der Waals surface area (Å²) in [5.74, 6) is 0. The molecular formula is C10H18N2OS. The summed E-state index contributed by atoms with van der Waals surface area (Å²) in [7, 11) is 1.73. The maximum absolute atomic E-state index is 5.20. The van der Waals surface area contributed by atoms with Gasteiger partial charge in [-0.25, -0.2) is 4.98 Å². The zero-order chi connectivity index (χ0) is 10.4. The highest BCUT2D eigenvalue weighted by Crippen LogP contribution is 2.15. The van der Waals surface area contributed by atoms with Crippen molar-refractivity contribution in [1.82, 2.24) is 10.3 Å². The van der Waals surface area contributed by atoms with Crippen LogP contribution in [0.3, 0.4) is 0 Å². The average Bonchev–Trinajstić information content (AvgIpc) is 2.62. The Kier molecular flexibility index (Phi) is 5.07. The molecular weight excluding hydrogens is 196 g/mol. The van der Waals surface area contributed by atoms with Crippen LogP contribution in [-0.4, -0.2) is 24.7 Å². The molecule has 1 rings (SSSR count). The Morgan fingerprint density at radius 1 is 1.64 bits per heavy atom. The van der Waals surface area contributed by atoms with Crippen LogP contribution in [-0.2, 0) is 17.7 Å². The summed E-state index contributed by atoms with van der Waals surface area (Å²) in [4.78, 5) is 5.65. The molecule has 0 aliphatic rings. The van der Waals surface area contributed by atoms with Gasteiger partial charge in [0.2, 0.25) is 0 Å². The first-order chi connectivity index (χ1) is 6.76. The lowest BCUT2D eigenvalue weighted by Crippen LogP contribution is -2.10. The standard InChI is InChI=1S/C10H18N2OS/c1-4-11-6-9-7-12-10(14-9)5-8(2)13-3/h7-8,11H,4-6H2,1-3H3. The van der Waals surface area contributed by atoms with Gasteiger partial charge in [0, 0.05) is 31.1 Å². The van der Waals surface area contributed by atoms with Crippen LogP contribution in [0, 0.1) is 0 Å². The van der Waals surface area contributed by atoms with E-state index in [9.17, 15) is 0 Å². The van der Waals surface area contributed by atoms with E-state index in [1.807, 2.05) is 6.20 Å². The van der Waals surface area contributed by atoms with Crippen molar-refractivity contribution < 1.29 is 4.74 Å². The maximum atomic E-state index is 5.20. The molecule has 0 spiro atoms. The molecule has 0 bridgehead atoms. The molecule has 0 aliphatic carbocycles. The molecule has 14 heavy (non-hydrogen) atoms. The van der Waals surface area contributed by atoms with Gasteiger partial charge in [0.1, 0.15) is 0 Å². The Morgan fingerprint density at radius 2 is 2.43 bits per heavy atom. The summed E-state index contributed by atoms with van der Waals surface area (Å²) in [5.41, 5.74) is 0. The quantitative estimate of drug-likeness (QED) is 0.784. The molecule has 0 saturated heterocycles. The maximum Gasteiger partial charge on any atom is 0.0953 e. The number of methoxy groups -OCH3 is 1. The van der Waals surface area contributed by atoms with Gasteiger partial charge in [-0.15, -0.1) is 11.3 Å². The van der Waals surface area contributed by atoms with Gasteiger partial charge in [0.05, 0.1) is 11.1 Å². The van der Waals surface area contributed by atoms with Crippen LogP contribution in [0.5, 0.6) is 0 Å². The summed E-state index contributed by atoms with van der Waals surface area (Å²) in [6.45, 7) is 6.09. The van der Waals surface area contributed by atoms with Crippen molar-refractivity contribution in [1.29, 1.82) is 0 Å². The van der Waals surface area contributed by atoms with Crippen molar-refractivity contribution in [3.05, 3.63) is 16.1 Å². The highest BCUT2D eigenvalue weighted by Gasteiger charge is 2.06. The van der Waals surface area contributed by atoms with Crippen molar-refractivity contribution in [2.45, 2.75) is 32.9 Å². The number of nitrogens with zero attached hydrogens (tertiary/aromatic N) is 1. The second kappa shape index (κ2) is 6.11. The van der Waals surface area contributed by atoms with Crippen LogP contribution < -0.4 is 5.32 Å². The number of aromatic nitrogens is 1. The lowest BCUT2D eigenvalue weighted by atomic mass is 10.3. The predicted octanol–water partition coefficient (Wildman–Crippen LogP) is 1.83. The molecule has 0 aliphatic heterocycles. The Hall–Kier alpha value is -0.450. The smallest absolute Gasteiger partial charge is 0.0953 e. The molecule has 0 amide bonds. The Morgan fingerprint density at radius 3 is 3.07 bits per heavy atom. The van der Waals surface area contributed by atoms with Gasteiger partial charge >= 0.3 is 0 Å². The van der Waals surface area contributed by atoms with Crippen LogP contribution in [0.2, 0.25) is 0 Å². The summed E-state index contributed by atoms with van der Waals surface area (Å²) in [5, 5.41) is 4.44. The number of nitrogens with one attached hydrogen (secondary N) is 1. The third-order valence-electron chi connectivity index (χ3n) is 2.02. The van der Waals surface area contributed by atoms with Gasteiger partial charge in [-0.05, 0) is 13.5 Å². The third kappa shape index (κ3) is 3.74. The molecule has 0 radical (unpaired) electrons. The zero-order valence-corrected chi connectivity index (χ0v) is 9.86. The van der Waals surface area contributed by atoms with Crippen molar-refractivity contribution in [3.8, 4) is 0 Å². The molecule has 4 heteroatoms. The lowest BCUT2D eigenvalue weighted by molar-refractivity contribution is 0.119. The first kappa shape index (κ1) is 11.6. The fraction of sp³-hybridized carbons (Fsp3) is 0.700. The average molecular weight is 214 g/mol. The van der Waals surface area contributed by atoms with E-state index in [2.05, 4.69) is 24.1 Å². The minimum absolute atomic E-state index is 0.258. The number of hydrogen-bond donors (Lipinski definition) is 1. The molecule has 0 fully saturated rings. The van der Waals surface area contributed by atoms with Crippen molar-refractivity contribution in [2.75, 3.05) is 13.7 Å². The summed E-state index contributed by atoms with van der Waals surface area (Å²) in [6, 6.07) is 0. The molecule has 0 saturated carbocycles. The van der Waals surface area contributed by atoms with Gasteiger partial charge in [0.15, 0.2) is 0 Å². The molecule has 1 aromatic rings. The number of hydrogen-bond acceptors (Lipinski definition) is 4. The first-order valence-electron chi connectivity index (χ1n) is 4.93. The summed E-state index contributed by atoms with van der Waals surface area (Å²) < 4.78 is 5.20. The van der Waals surface area contributed by atoms with E-state index in [0.29, 0.717) is 0 Å². The van der Waals surface area contributed by atoms with E-state index >= 15 is 0 Å². The number of rotatable bonds is 6. The normalized spacial score (nSPS) is 13.1. The second-order valence-corrected chi connectivity index (χ2v) is 4.45. The minimum Gasteiger partial charge on any atom is -0.381 e. The zero-order valence-electron chi connectivity index (χ0n) is 9.04. The fourth-order valence-corrected chi connectivity index (χ4v) is 2.11. The fourth-order valence-electron chi connectivity index (χ4n) is 1.10. The predicted molar refractivity (Wildman–Crippen MR) is 59.7 cm³/mol. The Balaban J connectivity index is 2.42. The molecule has 1 aromatic heterocycles. The van der Waals surface area contributed by atoms with Crippen LogP contribution >= 0.6 is 11.3 Å². The van der Waals surface area contributed by atoms with E-state index < -0.39 is 0 Å². The Bertz CT molecular complexity index is 262. The SMILES string of the molecule is CCNCc1cnc(CC(C)OC)s1. The summed E-state index contributed by atoms with van der Waals surface area (Å²) >= 11 is 1.76. The number of thiazole rings is 1. The minimum atomic E-state index is 0.258. The molecule has 1 N–H and O–H groups in total. The molecule has 1 heterocycles. The number of ether oxygens (including phenoxy) is 1. The van der Waals surface area contributed by atoms with E-state index in [1.54, 1.807) is 18.4 Å².